The van der Waals surface area contributed by atoms with Crippen LogP contribution in [0.15, 0.2) is 47.3 Å². The number of primary amides is 1. The van der Waals surface area contributed by atoms with Gasteiger partial charge in [0.1, 0.15) is 11.3 Å². The van der Waals surface area contributed by atoms with Crippen LogP contribution in [0.2, 0.25) is 10.0 Å². The smallest absolute Gasteiger partial charge is 0.332 e. The number of carbonyl (C=O) groups is 1. The molecule has 0 radical (unpaired) electrons. The van der Waals surface area contributed by atoms with E-state index in [-0.39, 0.29) is 33.3 Å². The van der Waals surface area contributed by atoms with Gasteiger partial charge in [-0.2, -0.15) is 0 Å². The normalized spacial score (nSPS) is 11.1. The third-order valence-electron chi connectivity index (χ3n) is 4.04. The Morgan fingerprint density at radius 1 is 1.11 bits per heavy atom. The number of nitrogens with zero attached hydrogens (tertiary/aromatic N) is 3. The lowest BCUT2D eigenvalue weighted by Crippen LogP contribution is -2.15. The molecule has 2 aromatic heterocycles. The third kappa shape index (κ3) is 2.92. The van der Waals surface area contributed by atoms with E-state index in [0.29, 0.717) is 10.7 Å². The highest BCUT2D eigenvalue weighted by Crippen LogP contribution is 2.30. The average molecular weight is 418 g/mol. The van der Waals surface area contributed by atoms with Gasteiger partial charge in [0.25, 0.3) is 5.91 Å². The molecule has 0 atom stereocenters. The minimum absolute atomic E-state index is 0.0312. The number of aromatic nitrogens is 4. The Kier molecular flexibility index (Phi) is 4.37. The number of hydrogen-bond donors (Lipinski definition) is 2. The summed E-state index contributed by atoms with van der Waals surface area (Å²) < 4.78 is 15.6. The number of imidazole rings is 1. The summed E-state index contributed by atoms with van der Waals surface area (Å²) in [6.45, 7) is 0. The van der Waals surface area contributed by atoms with Gasteiger partial charge in [-0.1, -0.05) is 29.3 Å². The van der Waals surface area contributed by atoms with Gasteiger partial charge in [-0.05, 0) is 36.4 Å². The molecule has 4 aromatic rings. The van der Waals surface area contributed by atoms with Crippen molar-refractivity contribution >= 4 is 40.3 Å². The summed E-state index contributed by atoms with van der Waals surface area (Å²) >= 11 is 12.0. The highest BCUT2D eigenvalue weighted by molar-refractivity contribution is 6.33. The van der Waals surface area contributed by atoms with Gasteiger partial charge in [-0.15, -0.1) is 0 Å². The number of H-pyrrole nitrogens is 1. The fraction of sp³-hybridized carbons (Fsp3) is 0. The topological polar surface area (TPSA) is 107 Å². The zero-order valence-corrected chi connectivity index (χ0v) is 15.4. The lowest BCUT2D eigenvalue weighted by atomic mass is 10.2. The molecular weight excluding hydrogens is 408 g/mol. The predicted molar refractivity (Wildman–Crippen MR) is 103 cm³/mol. The standard InChI is InChI=1S/C18H10Cl2FN5O2/c19-8-4-6-9(7-5-8)26-17-14(24-18(26)28)13(15(22)27)23-16(25-17)12-10(20)2-1-3-11(12)21/h1-7H,(H2,22,27)(H,24,28). The van der Waals surface area contributed by atoms with Crippen molar-refractivity contribution in [2.75, 3.05) is 0 Å². The van der Waals surface area contributed by atoms with Crippen LogP contribution in [0.4, 0.5) is 4.39 Å². The van der Waals surface area contributed by atoms with Gasteiger partial charge >= 0.3 is 5.69 Å². The quantitative estimate of drug-likeness (QED) is 0.532. The average Bonchev–Trinajstić information content (AvgIpc) is 2.97. The van der Waals surface area contributed by atoms with Crippen molar-refractivity contribution in [3.63, 3.8) is 0 Å². The second kappa shape index (κ2) is 6.74. The number of nitrogens with one attached hydrogen (secondary N) is 1. The maximum Gasteiger partial charge on any atom is 0.332 e. The summed E-state index contributed by atoms with van der Waals surface area (Å²) in [4.78, 5) is 35.3. The van der Waals surface area contributed by atoms with Crippen molar-refractivity contribution in [2.45, 2.75) is 0 Å². The summed E-state index contributed by atoms with van der Waals surface area (Å²) in [7, 11) is 0. The minimum atomic E-state index is -0.911. The Morgan fingerprint density at radius 2 is 1.82 bits per heavy atom. The van der Waals surface area contributed by atoms with Crippen molar-refractivity contribution in [3.05, 3.63) is 74.5 Å². The summed E-state index contributed by atoms with van der Waals surface area (Å²) in [5.41, 5.74) is 4.98. The number of carbonyl (C=O) groups excluding carboxylic acids is 1. The summed E-state index contributed by atoms with van der Waals surface area (Å²) in [6.07, 6.45) is 0. The molecule has 0 aliphatic heterocycles. The molecular formula is C18H10Cl2FN5O2. The van der Waals surface area contributed by atoms with Gasteiger partial charge in [-0.25, -0.2) is 23.7 Å². The van der Waals surface area contributed by atoms with Crippen molar-refractivity contribution < 1.29 is 9.18 Å². The number of benzene rings is 2. The van der Waals surface area contributed by atoms with Crippen LogP contribution < -0.4 is 11.4 Å². The first-order valence-electron chi connectivity index (χ1n) is 7.89. The lowest BCUT2D eigenvalue weighted by molar-refractivity contribution is 0.0997. The molecule has 4 rings (SSSR count). The molecule has 0 unspecified atom stereocenters. The number of nitrogens with two attached hydrogens (primary N) is 1. The monoisotopic (exact) mass is 417 g/mol. The second-order valence-corrected chi connectivity index (χ2v) is 6.64. The number of aromatic amines is 1. The molecule has 140 valence electrons. The van der Waals surface area contributed by atoms with E-state index < -0.39 is 17.4 Å². The van der Waals surface area contributed by atoms with Crippen molar-refractivity contribution in [1.29, 1.82) is 0 Å². The van der Waals surface area contributed by atoms with E-state index in [4.69, 9.17) is 28.9 Å². The van der Waals surface area contributed by atoms with E-state index in [9.17, 15) is 14.0 Å². The Labute approximate surface area is 166 Å². The van der Waals surface area contributed by atoms with E-state index in [2.05, 4.69) is 15.0 Å². The fourth-order valence-corrected chi connectivity index (χ4v) is 3.19. The van der Waals surface area contributed by atoms with E-state index >= 15 is 0 Å². The zero-order chi connectivity index (χ0) is 20.0. The molecule has 0 aliphatic rings. The van der Waals surface area contributed by atoms with Crippen LogP contribution in [0.3, 0.4) is 0 Å². The lowest BCUT2D eigenvalue weighted by Gasteiger charge is -2.08. The highest BCUT2D eigenvalue weighted by Gasteiger charge is 2.22. The van der Waals surface area contributed by atoms with Crippen molar-refractivity contribution in [1.82, 2.24) is 19.5 Å². The van der Waals surface area contributed by atoms with Gasteiger partial charge in [0, 0.05) is 5.02 Å². The SMILES string of the molecule is NC(=O)c1nc(-c2c(F)cccc2Cl)nc2c1[nH]c(=O)n2-c1ccc(Cl)cc1. The Morgan fingerprint density at radius 3 is 2.46 bits per heavy atom. The maximum absolute atomic E-state index is 14.4. The van der Waals surface area contributed by atoms with Crippen LogP contribution in [-0.4, -0.2) is 25.4 Å². The van der Waals surface area contributed by atoms with Gasteiger partial charge in [0.15, 0.2) is 17.2 Å². The zero-order valence-electron chi connectivity index (χ0n) is 13.9. The van der Waals surface area contributed by atoms with Crippen molar-refractivity contribution in [2.24, 2.45) is 5.73 Å². The number of hydrogen-bond acceptors (Lipinski definition) is 4. The minimum Gasteiger partial charge on any atom is -0.364 e. The first kappa shape index (κ1) is 18.1. The van der Waals surface area contributed by atoms with E-state index in [1.807, 2.05) is 0 Å². The molecule has 1 amide bonds. The summed E-state index contributed by atoms with van der Waals surface area (Å²) in [5, 5.41) is 0.522. The molecule has 0 spiro atoms. The fourth-order valence-electron chi connectivity index (χ4n) is 2.82. The molecule has 2 aromatic carbocycles. The van der Waals surface area contributed by atoms with Crippen molar-refractivity contribution in [3.8, 4) is 17.1 Å². The summed E-state index contributed by atoms with van der Waals surface area (Å²) in [5.74, 6) is -1.77. The number of fused-ring (bicyclic) bond motifs is 1. The first-order chi connectivity index (χ1) is 13.4. The molecule has 0 saturated carbocycles. The number of halogens is 3. The van der Waals surface area contributed by atoms with Crippen LogP contribution in [0.1, 0.15) is 10.5 Å². The molecule has 10 heteroatoms. The second-order valence-electron chi connectivity index (χ2n) is 5.80. The van der Waals surface area contributed by atoms with Crippen LogP contribution in [0.25, 0.3) is 28.2 Å². The molecule has 0 fully saturated rings. The predicted octanol–water partition coefficient (Wildman–Crippen LogP) is 3.32. The van der Waals surface area contributed by atoms with Gasteiger partial charge < -0.3 is 10.7 Å². The third-order valence-corrected chi connectivity index (χ3v) is 4.61. The van der Waals surface area contributed by atoms with Gasteiger partial charge in [0.2, 0.25) is 0 Å². The van der Waals surface area contributed by atoms with Crippen LogP contribution >= 0.6 is 23.2 Å². The Balaban J connectivity index is 2.10. The molecule has 3 N–H and O–H groups in total. The molecule has 2 heterocycles. The molecule has 0 saturated heterocycles. The number of amides is 1. The molecule has 28 heavy (non-hydrogen) atoms. The highest BCUT2D eigenvalue weighted by atomic mass is 35.5. The van der Waals surface area contributed by atoms with Gasteiger partial charge in [-0.3, -0.25) is 4.79 Å². The Hall–Kier alpha value is -3.23. The van der Waals surface area contributed by atoms with E-state index in [0.717, 1.165) is 0 Å². The maximum atomic E-state index is 14.4. The summed E-state index contributed by atoms with van der Waals surface area (Å²) in [6, 6.07) is 10.4. The molecule has 0 aliphatic carbocycles. The first-order valence-corrected chi connectivity index (χ1v) is 8.65. The molecule has 7 nitrogen and oxygen atoms in total. The largest absolute Gasteiger partial charge is 0.364 e. The van der Waals surface area contributed by atoms with E-state index in [1.54, 1.807) is 24.3 Å². The van der Waals surface area contributed by atoms with Crippen LogP contribution in [0, 0.1) is 5.82 Å². The number of rotatable bonds is 3. The van der Waals surface area contributed by atoms with Gasteiger partial charge in [0.05, 0.1) is 16.3 Å². The Bertz CT molecular complexity index is 1280. The molecule has 0 bridgehead atoms. The van der Waals surface area contributed by atoms with E-state index in [1.165, 1.54) is 22.8 Å². The van der Waals surface area contributed by atoms with Crippen LogP contribution in [-0.2, 0) is 0 Å². The van der Waals surface area contributed by atoms with Crippen LogP contribution in [0.5, 0.6) is 0 Å².